The Bertz CT molecular complexity index is 1490. The highest BCUT2D eigenvalue weighted by Gasteiger charge is 2.13. The lowest BCUT2D eigenvalue weighted by molar-refractivity contribution is 0.653. The zero-order chi connectivity index (χ0) is 17.8. The SMILES string of the molecule is c1cnc2c(c1)cc(-c1ccc3oc4nccnc4c3c1)c1cccnc12. The monoisotopic (exact) mass is 348 g/mol. The summed E-state index contributed by atoms with van der Waals surface area (Å²) in [6.07, 6.45) is 6.94. The van der Waals surface area contributed by atoms with E-state index >= 15 is 0 Å². The molecule has 126 valence electrons. The third-order valence-corrected chi connectivity index (χ3v) is 4.88. The van der Waals surface area contributed by atoms with Crippen LogP contribution in [-0.2, 0) is 0 Å². The summed E-state index contributed by atoms with van der Waals surface area (Å²) in [5.41, 5.74) is 6.13. The number of nitrogens with zero attached hydrogens (tertiary/aromatic N) is 4. The Morgan fingerprint density at radius 2 is 1.44 bits per heavy atom. The van der Waals surface area contributed by atoms with E-state index in [2.05, 4.69) is 50.3 Å². The van der Waals surface area contributed by atoms with E-state index in [-0.39, 0.29) is 0 Å². The quantitative estimate of drug-likeness (QED) is 0.385. The minimum Gasteiger partial charge on any atom is -0.436 e. The molecule has 0 aliphatic rings. The molecule has 4 aromatic heterocycles. The van der Waals surface area contributed by atoms with Gasteiger partial charge in [0, 0.05) is 40.9 Å². The van der Waals surface area contributed by atoms with E-state index in [4.69, 9.17) is 4.42 Å². The molecule has 0 spiro atoms. The first-order valence-corrected chi connectivity index (χ1v) is 8.64. The van der Waals surface area contributed by atoms with E-state index in [1.807, 2.05) is 24.4 Å². The molecule has 0 atom stereocenters. The van der Waals surface area contributed by atoms with Crippen LogP contribution in [0, 0.1) is 0 Å². The number of benzene rings is 2. The van der Waals surface area contributed by atoms with Gasteiger partial charge in [-0.2, -0.15) is 0 Å². The number of aromatic nitrogens is 4. The second-order valence-corrected chi connectivity index (χ2v) is 6.42. The zero-order valence-electron chi connectivity index (χ0n) is 14.1. The van der Waals surface area contributed by atoms with Gasteiger partial charge in [-0.3, -0.25) is 9.97 Å². The van der Waals surface area contributed by atoms with E-state index in [9.17, 15) is 0 Å². The summed E-state index contributed by atoms with van der Waals surface area (Å²) in [6.45, 7) is 0. The van der Waals surface area contributed by atoms with Crippen LogP contribution in [-0.4, -0.2) is 19.9 Å². The molecule has 0 saturated heterocycles. The summed E-state index contributed by atoms with van der Waals surface area (Å²) in [5, 5.41) is 3.09. The second-order valence-electron chi connectivity index (χ2n) is 6.42. The van der Waals surface area contributed by atoms with Crippen LogP contribution >= 0.6 is 0 Å². The lowest BCUT2D eigenvalue weighted by Crippen LogP contribution is -1.88. The second kappa shape index (κ2) is 5.32. The van der Waals surface area contributed by atoms with Gasteiger partial charge in [0.05, 0.1) is 11.0 Å². The molecule has 2 aromatic carbocycles. The molecule has 4 heterocycles. The predicted molar refractivity (Wildman–Crippen MR) is 105 cm³/mol. The fraction of sp³-hybridized carbons (Fsp3) is 0. The summed E-state index contributed by atoms with van der Waals surface area (Å²) in [5.74, 6) is 0. The minimum absolute atomic E-state index is 0.555. The molecule has 0 fully saturated rings. The van der Waals surface area contributed by atoms with Gasteiger partial charge in [-0.1, -0.05) is 18.2 Å². The van der Waals surface area contributed by atoms with Gasteiger partial charge in [-0.05, 0) is 41.5 Å². The molecule has 0 N–H and O–H groups in total. The van der Waals surface area contributed by atoms with Gasteiger partial charge in [-0.25, -0.2) is 9.97 Å². The summed E-state index contributed by atoms with van der Waals surface area (Å²) >= 11 is 0. The highest BCUT2D eigenvalue weighted by atomic mass is 16.3. The van der Waals surface area contributed by atoms with Crippen LogP contribution in [0.25, 0.3) is 55.1 Å². The summed E-state index contributed by atoms with van der Waals surface area (Å²) in [4.78, 5) is 17.8. The molecule has 27 heavy (non-hydrogen) atoms. The number of pyridine rings is 2. The molecular formula is C22H12N4O. The van der Waals surface area contributed by atoms with Crippen LogP contribution in [0.1, 0.15) is 0 Å². The van der Waals surface area contributed by atoms with Crippen molar-refractivity contribution in [1.82, 2.24) is 19.9 Å². The van der Waals surface area contributed by atoms with Crippen molar-refractivity contribution in [2.24, 2.45) is 0 Å². The molecule has 0 unspecified atom stereocenters. The molecule has 6 rings (SSSR count). The van der Waals surface area contributed by atoms with Crippen LogP contribution in [0.3, 0.4) is 0 Å². The fourth-order valence-electron chi connectivity index (χ4n) is 3.68. The first-order chi connectivity index (χ1) is 13.4. The molecule has 0 bridgehead atoms. The molecule has 5 nitrogen and oxygen atoms in total. The Kier molecular flexibility index (Phi) is 2.82. The Balaban J connectivity index is 1.72. The van der Waals surface area contributed by atoms with Crippen molar-refractivity contribution in [2.45, 2.75) is 0 Å². The molecule has 0 aliphatic carbocycles. The van der Waals surface area contributed by atoms with Crippen molar-refractivity contribution < 1.29 is 4.42 Å². The largest absolute Gasteiger partial charge is 0.436 e. The Hall–Kier alpha value is -3.86. The third kappa shape index (κ3) is 2.05. The Labute approximate surface area is 153 Å². The maximum Gasteiger partial charge on any atom is 0.246 e. The number of hydrogen-bond donors (Lipinski definition) is 0. The molecule has 0 radical (unpaired) electrons. The van der Waals surface area contributed by atoms with Gasteiger partial charge in [0.15, 0.2) is 0 Å². The zero-order valence-corrected chi connectivity index (χ0v) is 14.1. The van der Waals surface area contributed by atoms with Crippen molar-refractivity contribution in [1.29, 1.82) is 0 Å². The fourth-order valence-corrected chi connectivity index (χ4v) is 3.68. The first-order valence-electron chi connectivity index (χ1n) is 8.64. The molecule has 6 aromatic rings. The Morgan fingerprint density at radius 3 is 2.41 bits per heavy atom. The van der Waals surface area contributed by atoms with E-state index in [0.717, 1.165) is 49.4 Å². The van der Waals surface area contributed by atoms with E-state index in [1.54, 1.807) is 18.6 Å². The maximum atomic E-state index is 5.81. The predicted octanol–water partition coefficient (Wildman–Crippen LogP) is 5.14. The van der Waals surface area contributed by atoms with Crippen molar-refractivity contribution in [3.05, 3.63) is 73.3 Å². The number of furan rings is 1. The van der Waals surface area contributed by atoms with Gasteiger partial charge in [-0.15, -0.1) is 0 Å². The lowest BCUT2D eigenvalue weighted by Gasteiger charge is -2.09. The minimum atomic E-state index is 0.555. The van der Waals surface area contributed by atoms with Gasteiger partial charge in [0.1, 0.15) is 11.1 Å². The maximum absolute atomic E-state index is 5.81. The molecule has 0 saturated carbocycles. The number of rotatable bonds is 1. The summed E-state index contributed by atoms with van der Waals surface area (Å²) in [6, 6.07) is 16.4. The van der Waals surface area contributed by atoms with Crippen LogP contribution < -0.4 is 0 Å². The standard InChI is InChI=1S/C22H12N4O/c1-3-14-12-16(15-4-2-8-24-20(15)19(14)23-7-1)13-5-6-18-17(11-13)21-22(27-18)26-10-9-25-21/h1-12H. The highest BCUT2D eigenvalue weighted by Crippen LogP contribution is 2.36. The average molecular weight is 348 g/mol. The Morgan fingerprint density at radius 1 is 0.630 bits per heavy atom. The van der Waals surface area contributed by atoms with Crippen LogP contribution in [0.4, 0.5) is 0 Å². The normalized spacial score (nSPS) is 11.7. The van der Waals surface area contributed by atoms with Gasteiger partial charge < -0.3 is 4.42 Å². The smallest absolute Gasteiger partial charge is 0.246 e. The van der Waals surface area contributed by atoms with E-state index in [1.165, 1.54) is 0 Å². The van der Waals surface area contributed by atoms with Gasteiger partial charge in [0.2, 0.25) is 5.71 Å². The average Bonchev–Trinajstić information content (AvgIpc) is 3.11. The van der Waals surface area contributed by atoms with Crippen molar-refractivity contribution >= 4 is 44.0 Å². The van der Waals surface area contributed by atoms with Crippen LogP contribution in [0.2, 0.25) is 0 Å². The highest BCUT2D eigenvalue weighted by molar-refractivity contribution is 6.11. The van der Waals surface area contributed by atoms with Gasteiger partial charge >= 0.3 is 0 Å². The van der Waals surface area contributed by atoms with Crippen molar-refractivity contribution in [2.75, 3.05) is 0 Å². The molecule has 0 amide bonds. The van der Waals surface area contributed by atoms with Crippen molar-refractivity contribution in [3.8, 4) is 11.1 Å². The number of hydrogen-bond acceptors (Lipinski definition) is 5. The lowest BCUT2D eigenvalue weighted by atomic mass is 9.97. The van der Waals surface area contributed by atoms with E-state index < -0.39 is 0 Å². The van der Waals surface area contributed by atoms with Crippen LogP contribution in [0.15, 0.2) is 77.7 Å². The van der Waals surface area contributed by atoms with E-state index in [0.29, 0.717) is 5.71 Å². The molecular weight excluding hydrogens is 336 g/mol. The molecule has 5 heteroatoms. The summed E-state index contributed by atoms with van der Waals surface area (Å²) in [7, 11) is 0. The van der Waals surface area contributed by atoms with Crippen LogP contribution in [0.5, 0.6) is 0 Å². The third-order valence-electron chi connectivity index (χ3n) is 4.88. The van der Waals surface area contributed by atoms with Crippen molar-refractivity contribution in [3.63, 3.8) is 0 Å². The van der Waals surface area contributed by atoms with Gasteiger partial charge in [0.25, 0.3) is 0 Å². The first kappa shape index (κ1) is 14.3. The topological polar surface area (TPSA) is 64.7 Å². The molecule has 0 aliphatic heterocycles. The summed E-state index contributed by atoms with van der Waals surface area (Å²) < 4.78 is 5.81. The number of fused-ring (bicyclic) bond motifs is 6.